The van der Waals surface area contributed by atoms with Gasteiger partial charge in [0.25, 0.3) is 0 Å². The molecule has 2 aromatic heterocycles. The van der Waals surface area contributed by atoms with E-state index in [0.717, 1.165) is 33.6 Å². The summed E-state index contributed by atoms with van der Waals surface area (Å²) in [5, 5.41) is 15.1. The summed E-state index contributed by atoms with van der Waals surface area (Å²) in [7, 11) is 1.63. The van der Waals surface area contributed by atoms with Crippen LogP contribution in [0.1, 0.15) is 18.2 Å². The van der Waals surface area contributed by atoms with Gasteiger partial charge in [-0.05, 0) is 49.7 Å². The van der Waals surface area contributed by atoms with Crippen LogP contribution < -0.4 is 14.8 Å². The van der Waals surface area contributed by atoms with Gasteiger partial charge >= 0.3 is 0 Å². The molecule has 1 unspecified atom stereocenters. The third-order valence-corrected chi connectivity index (χ3v) is 5.98. The summed E-state index contributed by atoms with van der Waals surface area (Å²) in [6, 6.07) is 11.4. The van der Waals surface area contributed by atoms with Crippen LogP contribution >= 0.6 is 11.3 Å². The molecule has 4 rings (SSSR count). The number of likely N-dealkylation sites (N-methyl/N-ethyl adjacent to an activating group) is 1. The Balaban J connectivity index is 1.53. The fourth-order valence-corrected chi connectivity index (χ4v) is 4.16. The average Bonchev–Trinajstić information content (AvgIpc) is 3.37. The number of hydrogen-bond donors (Lipinski definition) is 2. The molecule has 182 valence electrons. The SMILES string of the molecule is Cc1cc(Nc2ncnc3cccc(OC(C)CN(C)C(=O)CO)c23)ccc1OCc1cscn1. The van der Waals surface area contributed by atoms with E-state index in [0.29, 0.717) is 24.7 Å². The quantitative estimate of drug-likeness (QED) is 0.342. The lowest BCUT2D eigenvalue weighted by Crippen LogP contribution is -2.37. The Hall–Kier alpha value is -3.76. The molecule has 2 N–H and O–H groups in total. The van der Waals surface area contributed by atoms with Crippen molar-refractivity contribution in [2.24, 2.45) is 0 Å². The number of benzene rings is 2. The van der Waals surface area contributed by atoms with E-state index < -0.39 is 6.61 Å². The number of thiazole rings is 1. The Morgan fingerprint density at radius 1 is 1.20 bits per heavy atom. The smallest absolute Gasteiger partial charge is 0.248 e. The van der Waals surface area contributed by atoms with Crippen molar-refractivity contribution in [3.05, 3.63) is 64.9 Å². The van der Waals surface area contributed by atoms with Gasteiger partial charge in [-0.1, -0.05) is 6.07 Å². The summed E-state index contributed by atoms with van der Waals surface area (Å²) in [4.78, 5) is 26.2. The van der Waals surface area contributed by atoms with Crippen molar-refractivity contribution >= 4 is 39.7 Å². The van der Waals surface area contributed by atoms with Gasteiger partial charge in [0.2, 0.25) is 5.91 Å². The molecule has 9 nitrogen and oxygen atoms in total. The first-order valence-electron chi connectivity index (χ1n) is 11.1. The number of nitrogens with zero attached hydrogens (tertiary/aromatic N) is 4. The van der Waals surface area contributed by atoms with Crippen LogP contribution in [0.15, 0.2) is 53.6 Å². The van der Waals surface area contributed by atoms with E-state index in [1.807, 2.05) is 55.6 Å². The molecule has 0 saturated carbocycles. The monoisotopic (exact) mass is 493 g/mol. The number of amides is 1. The van der Waals surface area contributed by atoms with Crippen molar-refractivity contribution in [3.63, 3.8) is 0 Å². The summed E-state index contributed by atoms with van der Waals surface area (Å²) < 4.78 is 12.1. The maximum Gasteiger partial charge on any atom is 0.248 e. The molecule has 1 amide bonds. The van der Waals surface area contributed by atoms with E-state index in [9.17, 15) is 4.79 Å². The molecule has 1 atom stereocenters. The van der Waals surface area contributed by atoms with Crippen LogP contribution in [-0.2, 0) is 11.4 Å². The van der Waals surface area contributed by atoms with Crippen molar-refractivity contribution < 1.29 is 19.4 Å². The van der Waals surface area contributed by atoms with Gasteiger partial charge < -0.3 is 24.8 Å². The van der Waals surface area contributed by atoms with Crippen molar-refractivity contribution in [2.45, 2.75) is 26.6 Å². The van der Waals surface area contributed by atoms with Gasteiger partial charge in [0.05, 0.1) is 28.7 Å². The van der Waals surface area contributed by atoms with Gasteiger partial charge in [-0.2, -0.15) is 0 Å². The first-order chi connectivity index (χ1) is 16.9. The molecule has 0 radical (unpaired) electrons. The molecule has 2 heterocycles. The molecule has 0 saturated heterocycles. The minimum absolute atomic E-state index is 0.314. The highest BCUT2D eigenvalue weighted by Crippen LogP contribution is 2.33. The van der Waals surface area contributed by atoms with Crippen LogP contribution in [0.3, 0.4) is 0 Å². The number of aromatic nitrogens is 3. The zero-order valence-electron chi connectivity index (χ0n) is 19.8. The molecular formula is C25H27N5O4S. The first kappa shape index (κ1) is 24.4. The Labute approximate surface area is 207 Å². The molecule has 0 fully saturated rings. The summed E-state index contributed by atoms with van der Waals surface area (Å²) >= 11 is 1.54. The van der Waals surface area contributed by atoms with Crippen LogP contribution in [0.2, 0.25) is 0 Å². The number of nitrogens with one attached hydrogen (secondary N) is 1. The number of aryl methyl sites for hydroxylation is 1. The average molecular weight is 494 g/mol. The van der Waals surface area contributed by atoms with E-state index in [-0.39, 0.29) is 12.0 Å². The van der Waals surface area contributed by atoms with Crippen LogP contribution in [-0.4, -0.2) is 57.2 Å². The van der Waals surface area contributed by atoms with Crippen LogP contribution in [0.4, 0.5) is 11.5 Å². The van der Waals surface area contributed by atoms with Gasteiger partial charge in [-0.25, -0.2) is 15.0 Å². The molecule has 0 aliphatic carbocycles. The van der Waals surface area contributed by atoms with Crippen molar-refractivity contribution in [3.8, 4) is 11.5 Å². The van der Waals surface area contributed by atoms with E-state index in [2.05, 4.69) is 20.3 Å². The predicted molar refractivity (Wildman–Crippen MR) is 135 cm³/mol. The fraction of sp³-hybridized carbons (Fsp3) is 0.280. The third-order valence-electron chi connectivity index (χ3n) is 5.34. The maximum atomic E-state index is 11.7. The van der Waals surface area contributed by atoms with Gasteiger partial charge in [-0.3, -0.25) is 4.79 Å². The number of aliphatic hydroxyl groups is 1. The Bertz CT molecular complexity index is 1290. The fourth-order valence-electron chi connectivity index (χ4n) is 3.62. The zero-order valence-corrected chi connectivity index (χ0v) is 20.6. The molecule has 10 heteroatoms. The predicted octanol–water partition coefficient (Wildman–Crippen LogP) is 3.94. The van der Waals surface area contributed by atoms with Crippen molar-refractivity contribution in [2.75, 3.05) is 25.5 Å². The van der Waals surface area contributed by atoms with E-state index in [1.165, 1.54) is 11.2 Å². The molecule has 0 aliphatic heterocycles. The Morgan fingerprint density at radius 3 is 2.80 bits per heavy atom. The lowest BCUT2D eigenvalue weighted by Gasteiger charge is -2.23. The maximum absolute atomic E-state index is 11.7. The summed E-state index contributed by atoms with van der Waals surface area (Å²) in [5.74, 6) is 1.63. The van der Waals surface area contributed by atoms with E-state index in [4.69, 9.17) is 14.6 Å². The number of anilines is 2. The first-order valence-corrected chi connectivity index (χ1v) is 12.0. The molecule has 0 aliphatic rings. The second-order valence-electron chi connectivity index (χ2n) is 8.11. The number of aliphatic hydroxyl groups excluding tert-OH is 1. The van der Waals surface area contributed by atoms with Crippen LogP contribution in [0.5, 0.6) is 11.5 Å². The Kier molecular flexibility index (Phi) is 7.74. The lowest BCUT2D eigenvalue weighted by molar-refractivity contribution is -0.133. The van der Waals surface area contributed by atoms with Gasteiger partial charge in [0.15, 0.2) is 0 Å². The molecule has 0 bridgehead atoms. The zero-order chi connectivity index (χ0) is 24.8. The minimum atomic E-state index is -0.534. The lowest BCUT2D eigenvalue weighted by atomic mass is 10.1. The summed E-state index contributed by atoms with van der Waals surface area (Å²) in [6.45, 7) is 4.07. The largest absolute Gasteiger partial charge is 0.488 e. The molecule has 0 spiro atoms. The van der Waals surface area contributed by atoms with Gasteiger partial charge in [0.1, 0.15) is 43.0 Å². The number of ether oxygens (including phenoxy) is 2. The van der Waals surface area contributed by atoms with Crippen LogP contribution in [0.25, 0.3) is 10.9 Å². The third kappa shape index (κ3) is 6.03. The molecule has 2 aromatic carbocycles. The van der Waals surface area contributed by atoms with E-state index >= 15 is 0 Å². The minimum Gasteiger partial charge on any atom is -0.488 e. The number of hydrogen-bond acceptors (Lipinski definition) is 9. The number of carbonyl (C=O) groups is 1. The van der Waals surface area contributed by atoms with Gasteiger partial charge in [-0.15, -0.1) is 11.3 Å². The molecular weight excluding hydrogens is 466 g/mol. The standard InChI is InChI=1S/C25H27N5O4S/c1-16-9-18(7-8-21(16)33-12-19-13-35-15-28-19)29-25-24-20(26-14-27-25)5-4-6-22(24)34-17(2)10-30(3)23(32)11-31/h4-9,13-15,17,31H,10-12H2,1-3H3,(H,26,27,29). The van der Waals surface area contributed by atoms with Crippen LogP contribution in [0, 0.1) is 6.92 Å². The second kappa shape index (κ2) is 11.1. The van der Waals surface area contributed by atoms with Gasteiger partial charge in [0, 0.05) is 18.1 Å². The van der Waals surface area contributed by atoms with Crippen molar-refractivity contribution in [1.82, 2.24) is 19.9 Å². The van der Waals surface area contributed by atoms with E-state index in [1.54, 1.807) is 23.9 Å². The number of carbonyl (C=O) groups excluding carboxylic acids is 1. The summed E-state index contributed by atoms with van der Waals surface area (Å²) in [6.07, 6.45) is 1.19. The second-order valence-corrected chi connectivity index (χ2v) is 8.83. The summed E-state index contributed by atoms with van der Waals surface area (Å²) in [5.41, 5.74) is 5.24. The molecule has 35 heavy (non-hydrogen) atoms. The highest BCUT2D eigenvalue weighted by molar-refractivity contribution is 7.07. The highest BCUT2D eigenvalue weighted by Gasteiger charge is 2.16. The van der Waals surface area contributed by atoms with Crippen molar-refractivity contribution in [1.29, 1.82) is 0 Å². The number of rotatable bonds is 10. The highest BCUT2D eigenvalue weighted by atomic mass is 32.1. The molecule has 4 aromatic rings. The Morgan fingerprint density at radius 2 is 2.06 bits per heavy atom. The number of fused-ring (bicyclic) bond motifs is 1. The topological polar surface area (TPSA) is 110 Å². The normalized spacial score (nSPS) is 11.8.